The Morgan fingerprint density at radius 3 is 2.40 bits per heavy atom. The van der Waals surface area contributed by atoms with Crippen LogP contribution in [0.1, 0.15) is 6.92 Å². The Kier molecular flexibility index (Phi) is 4.70. The van der Waals surface area contributed by atoms with Crippen LogP contribution >= 0.6 is 0 Å². The molecule has 2 atom stereocenters. The van der Waals surface area contributed by atoms with Gasteiger partial charge in [0.05, 0.1) is 6.61 Å². The van der Waals surface area contributed by atoms with Crippen molar-refractivity contribution in [2.75, 3.05) is 6.61 Å². The molecule has 0 heterocycles. The van der Waals surface area contributed by atoms with Gasteiger partial charge >= 0.3 is 0 Å². The van der Waals surface area contributed by atoms with Gasteiger partial charge in [-0.15, -0.1) is 0 Å². The lowest BCUT2D eigenvalue weighted by Gasteiger charge is -2.09. The van der Waals surface area contributed by atoms with Gasteiger partial charge in [-0.3, -0.25) is 0 Å². The Morgan fingerprint density at radius 2 is 2.10 bits per heavy atom. The maximum Gasteiger partial charge on any atom is 0.151 e. The van der Waals surface area contributed by atoms with Gasteiger partial charge in [-0.2, -0.15) is 0 Å². The fourth-order valence-electron chi connectivity index (χ4n) is 0.426. The van der Waals surface area contributed by atoms with Crippen LogP contribution in [0.15, 0.2) is 0 Å². The number of aliphatic hydroxyl groups excluding tert-OH is 1. The minimum Gasteiger partial charge on any atom is -0.393 e. The lowest BCUT2D eigenvalue weighted by molar-refractivity contribution is -0.131. The second kappa shape index (κ2) is 5.08. The van der Waals surface area contributed by atoms with E-state index in [1.54, 1.807) is 0 Å². The van der Waals surface area contributed by atoms with Gasteiger partial charge in [-0.05, 0) is 6.92 Å². The van der Waals surface area contributed by atoms with E-state index in [0.717, 1.165) is 0 Å². The van der Waals surface area contributed by atoms with Crippen molar-refractivity contribution in [1.29, 1.82) is 0 Å². The Bertz CT molecular complexity index is 112. The summed E-state index contributed by atoms with van der Waals surface area (Å²) in [6.07, 6.45) is -0.492. The van der Waals surface area contributed by atoms with Crippen LogP contribution in [0, 0.1) is 0 Å². The van der Waals surface area contributed by atoms with E-state index in [-0.39, 0.29) is 6.61 Å². The fraction of sp³-hybridized carbons (Fsp3) is 0.667. The second-order valence-corrected chi connectivity index (χ2v) is 1.83. The van der Waals surface area contributed by atoms with E-state index in [9.17, 15) is 9.59 Å². The first kappa shape index (κ1) is 9.26. The normalized spacial score (nSPS) is 15.8. The van der Waals surface area contributed by atoms with Gasteiger partial charge in [-0.25, -0.2) is 0 Å². The highest BCUT2D eigenvalue weighted by Crippen LogP contribution is 1.91. The van der Waals surface area contributed by atoms with Crippen molar-refractivity contribution in [3.05, 3.63) is 0 Å². The summed E-state index contributed by atoms with van der Waals surface area (Å²) in [5.41, 5.74) is 0. The third kappa shape index (κ3) is 3.32. The van der Waals surface area contributed by atoms with Crippen molar-refractivity contribution in [3.8, 4) is 0 Å². The zero-order chi connectivity index (χ0) is 7.98. The molecule has 0 rings (SSSR count). The van der Waals surface area contributed by atoms with E-state index >= 15 is 0 Å². The van der Waals surface area contributed by atoms with Gasteiger partial charge in [0.2, 0.25) is 0 Å². The minimum absolute atomic E-state index is 0.387. The second-order valence-electron chi connectivity index (χ2n) is 1.83. The number of hydrogen-bond acceptors (Lipinski definition) is 4. The Balaban J connectivity index is 3.61. The summed E-state index contributed by atoms with van der Waals surface area (Å²) < 4.78 is 4.71. The molecule has 0 radical (unpaired) electrons. The first-order chi connectivity index (χ1) is 4.74. The zero-order valence-electron chi connectivity index (χ0n) is 5.69. The van der Waals surface area contributed by atoms with Gasteiger partial charge < -0.3 is 19.4 Å². The standard InChI is InChI=1S/C6H10O4/c1-5(2-7)10-6(3-8)4-9/h2-3,5-6,9H,4H2,1H3/t5-,6-/m0/s1. The number of rotatable bonds is 5. The molecule has 0 aromatic heterocycles. The smallest absolute Gasteiger partial charge is 0.151 e. The molecule has 0 unspecified atom stereocenters. The largest absolute Gasteiger partial charge is 0.393 e. The van der Waals surface area contributed by atoms with E-state index in [0.29, 0.717) is 12.6 Å². The Hall–Kier alpha value is -0.740. The molecule has 0 saturated carbocycles. The van der Waals surface area contributed by atoms with E-state index in [2.05, 4.69) is 0 Å². The topological polar surface area (TPSA) is 63.6 Å². The van der Waals surface area contributed by atoms with Crippen LogP contribution < -0.4 is 0 Å². The summed E-state index contributed by atoms with van der Waals surface area (Å²) in [5.74, 6) is 0. The number of ether oxygens (including phenoxy) is 1. The van der Waals surface area contributed by atoms with Crippen molar-refractivity contribution in [3.63, 3.8) is 0 Å². The van der Waals surface area contributed by atoms with E-state index in [1.807, 2.05) is 0 Å². The van der Waals surface area contributed by atoms with Crippen LogP contribution in [0.2, 0.25) is 0 Å². The first-order valence-electron chi connectivity index (χ1n) is 2.91. The molecular weight excluding hydrogens is 136 g/mol. The number of hydrogen-bond donors (Lipinski definition) is 1. The maximum absolute atomic E-state index is 9.99. The van der Waals surface area contributed by atoms with Crippen molar-refractivity contribution in [1.82, 2.24) is 0 Å². The van der Waals surface area contributed by atoms with Crippen molar-refractivity contribution >= 4 is 12.6 Å². The monoisotopic (exact) mass is 146 g/mol. The highest BCUT2D eigenvalue weighted by atomic mass is 16.5. The minimum atomic E-state index is -0.875. The maximum atomic E-state index is 9.99. The lowest BCUT2D eigenvalue weighted by atomic mass is 10.4. The molecule has 0 amide bonds. The highest BCUT2D eigenvalue weighted by Gasteiger charge is 2.09. The molecule has 0 aliphatic heterocycles. The highest BCUT2D eigenvalue weighted by molar-refractivity contribution is 5.59. The first-order valence-corrected chi connectivity index (χ1v) is 2.91. The summed E-state index contributed by atoms with van der Waals surface area (Å²) in [6.45, 7) is 1.11. The van der Waals surface area contributed by atoms with Gasteiger partial charge in [0.25, 0.3) is 0 Å². The molecule has 0 aliphatic carbocycles. The predicted octanol–water partition coefficient (Wildman–Crippen LogP) is -0.850. The van der Waals surface area contributed by atoms with Crippen LogP contribution in [0.25, 0.3) is 0 Å². The van der Waals surface area contributed by atoms with Crippen molar-refractivity contribution in [2.45, 2.75) is 19.1 Å². The molecule has 0 aromatic rings. The average molecular weight is 146 g/mol. The number of carbonyl (C=O) groups excluding carboxylic acids is 2. The summed E-state index contributed by atoms with van der Waals surface area (Å²) >= 11 is 0. The van der Waals surface area contributed by atoms with Gasteiger partial charge in [0, 0.05) is 0 Å². The van der Waals surface area contributed by atoms with E-state index < -0.39 is 12.2 Å². The fourth-order valence-corrected chi connectivity index (χ4v) is 0.426. The molecule has 0 spiro atoms. The molecule has 4 nitrogen and oxygen atoms in total. The van der Waals surface area contributed by atoms with E-state index in [4.69, 9.17) is 9.84 Å². The van der Waals surface area contributed by atoms with E-state index in [1.165, 1.54) is 6.92 Å². The molecule has 1 N–H and O–H groups in total. The summed E-state index contributed by atoms with van der Waals surface area (Å²) in [5, 5.41) is 8.40. The molecular formula is C6H10O4. The molecule has 0 aromatic carbocycles. The van der Waals surface area contributed by atoms with Crippen LogP contribution in [0.3, 0.4) is 0 Å². The Morgan fingerprint density at radius 1 is 1.50 bits per heavy atom. The Labute approximate surface area is 58.8 Å². The third-order valence-electron chi connectivity index (χ3n) is 0.913. The van der Waals surface area contributed by atoms with Crippen LogP contribution in [-0.4, -0.2) is 36.5 Å². The van der Waals surface area contributed by atoms with Gasteiger partial charge in [0.1, 0.15) is 18.5 Å². The predicted molar refractivity (Wildman–Crippen MR) is 33.5 cm³/mol. The molecule has 0 aliphatic rings. The number of aliphatic hydroxyl groups is 1. The average Bonchev–Trinajstić information content (AvgIpc) is 1.99. The van der Waals surface area contributed by atoms with Crippen molar-refractivity contribution < 1.29 is 19.4 Å². The van der Waals surface area contributed by atoms with Crippen LogP contribution in [-0.2, 0) is 14.3 Å². The number of aldehydes is 2. The summed E-state index contributed by atoms with van der Waals surface area (Å²) in [6, 6.07) is 0. The van der Waals surface area contributed by atoms with Crippen LogP contribution in [0.5, 0.6) is 0 Å². The van der Waals surface area contributed by atoms with Crippen molar-refractivity contribution in [2.24, 2.45) is 0 Å². The quantitative estimate of drug-likeness (QED) is 0.513. The van der Waals surface area contributed by atoms with Crippen LogP contribution in [0.4, 0.5) is 0 Å². The lowest BCUT2D eigenvalue weighted by Crippen LogP contribution is -2.25. The number of carbonyl (C=O) groups is 2. The molecule has 10 heavy (non-hydrogen) atoms. The SMILES string of the molecule is C[C@@H](C=O)O[C@@H](C=O)CO. The van der Waals surface area contributed by atoms with Gasteiger partial charge in [-0.1, -0.05) is 0 Å². The third-order valence-corrected chi connectivity index (χ3v) is 0.913. The molecule has 0 saturated heterocycles. The molecule has 0 fully saturated rings. The molecule has 0 bridgehead atoms. The molecule has 4 heteroatoms. The summed E-state index contributed by atoms with van der Waals surface area (Å²) in [7, 11) is 0. The summed E-state index contributed by atoms with van der Waals surface area (Å²) in [4.78, 5) is 19.9. The zero-order valence-corrected chi connectivity index (χ0v) is 5.69. The molecule has 58 valence electrons. The van der Waals surface area contributed by atoms with Gasteiger partial charge in [0.15, 0.2) is 6.29 Å².